The fraction of sp³-hybridized carbons (Fsp3) is 0.462. The molecule has 0 saturated carbocycles. The lowest BCUT2D eigenvalue weighted by Gasteiger charge is -2.39. The van der Waals surface area contributed by atoms with E-state index in [0.29, 0.717) is 11.1 Å². The van der Waals surface area contributed by atoms with Gasteiger partial charge in [-0.2, -0.15) is 0 Å². The lowest BCUT2D eigenvalue weighted by molar-refractivity contribution is -0.277. The van der Waals surface area contributed by atoms with Crippen molar-refractivity contribution in [3.8, 4) is 11.5 Å². The van der Waals surface area contributed by atoms with E-state index in [0.717, 1.165) is 6.92 Å². The van der Waals surface area contributed by atoms with E-state index in [1.54, 1.807) is 12.1 Å². The average Bonchev–Trinajstić information content (AvgIpc) is 2.89. The third-order valence-electron chi connectivity index (χ3n) is 6.17. The van der Waals surface area contributed by atoms with Gasteiger partial charge in [-0.05, 0) is 42.3 Å². The molecule has 208 valence electrons. The van der Waals surface area contributed by atoms with E-state index in [2.05, 4.69) is 0 Å². The second-order valence-electron chi connectivity index (χ2n) is 9.05. The summed E-state index contributed by atoms with van der Waals surface area (Å²) in [5.41, 5.74) is -1.21. The predicted octanol–water partition coefficient (Wildman–Crippen LogP) is -0.460. The van der Waals surface area contributed by atoms with Crippen molar-refractivity contribution in [3.63, 3.8) is 0 Å². The molecule has 0 radical (unpaired) electrons. The molecule has 12 heteroatoms. The van der Waals surface area contributed by atoms with E-state index in [-0.39, 0.29) is 24.5 Å². The summed E-state index contributed by atoms with van der Waals surface area (Å²) < 4.78 is 21.2. The Morgan fingerprint density at radius 1 is 0.974 bits per heavy atom. The van der Waals surface area contributed by atoms with Crippen molar-refractivity contribution in [2.75, 3.05) is 6.61 Å². The van der Waals surface area contributed by atoms with Crippen molar-refractivity contribution < 1.29 is 59.2 Å². The molecule has 1 heterocycles. The maximum atomic E-state index is 13.0. The number of benzene rings is 2. The summed E-state index contributed by atoms with van der Waals surface area (Å²) in [5.74, 6) is -1.49. The molecule has 0 unspecified atom stereocenters. The van der Waals surface area contributed by atoms with Crippen LogP contribution in [0.15, 0.2) is 48.5 Å². The van der Waals surface area contributed by atoms with Gasteiger partial charge in [-0.15, -0.1) is 0 Å². The molecule has 1 aliphatic heterocycles. The zero-order chi connectivity index (χ0) is 28.0. The molecule has 1 fully saturated rings. The molecular formula is C26H32O12. The SMILES string of the molecule is CC(=O)O[C@@H](C)[C@](O)(Cc1ccc(O)cc1)C(=O)OCc1ccc(O[C@@H]2O[C@@H](CO)[C@@H](O)[C@@H](O)[C@H]2O)cc1. The van der Waals surface area contributed by atoms with Gasteiger partial charge in [0.05, 0.1) is 6.61 Å². The fourth-order valence-electron chi connectivity index (χ4n) is 3.89. The Kier molecular flexibility index (Phi) is 9.66. The quantitative estimate of drug-likeness (QED) is 0.214. The molecule has 0 aliphatic carbocycles. The Morgan fingerprint density at radius 3 is 2.16 bits per heavy atom. The van der Waals surface area contributed by atoms with Gasteiger partial charge in [-0.1, -0.05) is 24.3 Å². The number of hydrogen-bond donors (Lipinski definition) is 6. The highest BCUT2D eigenvalue weighted by molar-refractivity contribution is 5.81. The predicted molar refractivity (Wildman–Crippen MR) is 129 cm³/mol. The minimum atomic E-state index is -2.21. The number of carbonyl (C=O) groups excluding carboxylic acids is 2. The smallest absolute Gasteiger partial charge is 0.342 e. The first-order valence-electron chi connectivity index (χ1n) is 11.9. The van der Waals surface area contributed by atoms with Gasteiger partial charge in [0, 0.05) is 13.3 Å². The molecule has 1 aliphatic rings. The van der Waals surface area contributed by atoms with Gasteiger partial charge in [0.1, 0.15) is 48.6 Å². The lowest BCUT2D eigenvalue weighted by atomic mass is 9.89. The van der Waals surface area contributed by atoms with Gasteiger partial charge in [0.2, 0.25) is 11.9 Å². The molecular weight excluding hydrogens is 504 g/mol. The van der Waals surface area contributed by atoms with E-state index in [1.807, 2.05) is 0 Å². The lowest BCUT2D eigenvalue weighted by Crippen LogP contribution is -2.60. The first-order valence-corrected chi connectivity index (χ1v) is 11.9. The van der Waals surface area contributed by atoms with Crippen LogP contribution in [0.5, 0.6) is 11.5 Å². The number of hydrogen-bond acceptors (Lipinski definition) is 12. The van der Waals surface area contributed by atoms with Crippen LogP contribution in [0.25, 0.3) is 0 Å². The van der Waals surface area contributed by atoms with Gasteiger partial charge in [-0.3, -0.25) is 4.79 Å². The number of esters is 2. The topological polar surface area (TPSA) is 192 Å². The van der Waals surface area contributed by atoms with Crippen LogP contribution < -0.4 is 4.74 Å². The Morgan fingerprint density at radius 2 is 1.58 bits per heavy atom. The number of phenols is 1. The van der Waals surface area contributed by atoms with Gasteiger partial charge < -0.3 is 49.6 Å². The van der Waals surface area contributed by atoms with Gasteiger partial charge in [0.15, 0.2) is 0 Å². The van der Waals surface area contributed by atoms with Crippen molar-refractivity contribution in [1.29, 1.82) is 0 Å². The van der Waals surface area contributed by atoms with Crippen LogP contribution in [0, 0.1) is 0 Å². The van der Waals surface area contributed by atoms with Crippen molar-refractivity contribution in [2.24, 2.45) is 0 Å². The van der Waals surface area contributed by atoms with E-state index >= 15 is 0 Å². The highest BCUT2D eigenvalue weighted by Crippen LogP contribution is 2.26. The molecule has 7 atom stereocenters. The summed E-state index contributed by atoms with van der Waals surface area (Å²) in [6.45, 7) is 1.68. The molecule has 0 bridgehead atoms. The molecule has 12 nitrogen and oxygen atoms in total. The monoisotopic (exact) mass is 536 g/mol. The second kappa shape index (κ2) is 12.5. The zero-order valence-corrected chi connectivity index (χ0v) is 20.8. The zero-order valence-electron chi connectivity index (χ0n) is 20.8. The number of aliphatic hydroxyl groups is 5. The third kappa shape index (κ3) is 6.98. The number of ether oxygens (including phenoxy) is 4. The van der Waals surface area contributed by atoms with Gasteiger partial charge >= 0.3 is 11.9 Å². The summed E-state index contributed by atoms with van der Waals surface area (Å²) in [6, 6.07) is 11.9. The highest BCUT2D eigenvalue weighted by atomic mass is 16.7. The minimum Gasteiger partial charge on any atom is -0.508 e. The van der Waals surface area contributed by atoms with E-state index < -0.39 is 61.0 Å². The van der Waals surface area contributed by atoms with Crippen LogP contribution in [-0.2, 0) is 36.8 Å². The number of carbonyl (C=O) groups is 2. The van der Waals surface area contributed by atoms with Crippen LogP contribution in [0.3, 0.4) is 0 Å². The fourth-order valence-corrected chi connectivity index (χ4v) is 3.89. The summed E-state index contributed by atoms with van der Waals surface area (Å²) in [6.07, 6.45) is -8.62. The van der Waals surface area contributed by atoms with Crippen molar-refractivity contribution in [1.82, 2.24) is 0 Å². The second-order valence-corrected chi connectivity index (χ2v) is 9.05. The van der Waals surface area contributed by atoms with Crippen LogP contribution in [-0.4, -0.2) is 91.6 Å². The average molecular weight is 537 g/mol. The number of aliphatic hydroxyl groups excluding tert-OH is 4. The summed E-state index contributed by atoms with van der Waals surface area (Å²) in [7, 11) is 0. The molecule has 1 saturated heterocycles. The van der Waals surface area contributed by atoms with Gasteiger partial charge in [-0.25, -0.2) is 4.79 Å². The molecule has 38 heavy (non-hydrogen) atoms. The largest absolute Gasteiger partial charge is 0.508 e. The highest BCUT2D eigenvalue weighted by Gasteiger charge is 2.46. The molecule has 6 N–H and O–H groups in total. The van der Waals surface area contributed by atoms with Gasteiger partial charge in [0.25, 0.3) is 0 Å². The molecule has 2 aromatic carbocycles. The van der Waals surface area contributed by atoms with Crippen LogP contribution in [0.4, 0.5) is 0 Å². The third-order valence-corrected chi connectivity index (χ3v) is 6.17. The maximum Gasteiger partial charge on any atom is 0.342 e. The van der Waals surface area contributed by atoms with E-state index in [1.165, 1.54) is 43.3 Å². The van der Waals surface area contributed by atoms with Crippen LogP contribution >= 0.6 is 0 Å². The van der Waals surface area contributed by atoms with Crippen molar-refractivity contribution >= 4 is 11.9 Å². The van der Waals surface area contributed by atoms with E-state index in [9.17, 15) is 40.2 Å². The normalized spacial score (nSPS) is 25.6. The number of rotatable bonds is 10. The summed E-state index contributed by atoms with van der Waals surface area (Å²) in [4.78, 5) is 24.4. The number of aromatic hydroxyl groups is 1. The maximum absolute atomic E-state index is 13.0. The van der Waals surface area contributed by atoms with E-state index in [4.69, 9.17) is 18.9 Å². The molecule has 0 amide bonds. The first kappa shape index (κ1) is 29.3. The Bertz CT molecular complexity index is 1070. The summed E-state index contributed by atoms with van der Waals surface area (Å²) >= 11 is 0. The molecule has 2 aromatic rings. The standard InChI is InChI=1S/C26H32O12/c1-14(36-15(2)28)26(34,11-16-3-7-18(29)8-4-16)25(33)35-13-17-5-9-19(10-6-17)37-24-23(32)22(31)21(30)20(12-27)38-24/h3-10,14,20-24,27,29-32,34H,11-13H2,1-2H3/t14-,20-,21+,22+,23+,24+,26+/m0/s1. The first-order chi connectivity index (χ1) is 17.9. The van der Waals surface area contributed by atoms with Crippen molar-refractivity contribution in [3.05, 3.63) is 59.7 Å². The molecule has 0 aromatic heterocycles. The number of phenolic OH excluding ortho intramolecular Hbond substituents is 1. The summed E-state index contributed by atoms with van der Waals surface area (Å²) in [5, 5.41) is 59.9. The van der Waals surface area contributed by atoms with Crippen molar-refractivity contribution in [2.45, 2.75) is 69.3 Å². The molecule has 3 rings (SSSR count). The Balaban J connectivity index is 1.65. The molecule has 0 spiro atoms. The van der Waals surface area contributed by atoms with Crippen LogP contribution in [0.2, 0.25) is 0 Å². The Labute approximate surface area is 218 Å². The minimum absolute atomic E-state index is 0.00636. The Hall–Kier alpha value is -3.26. The van der Waals surface area contributed by atoms with Crippen LogP contribution in [0.1, 0.15) is 25.0 Å².